The van der Waals surface area contributed by atoms with Gasteiger partial charge in [0, 0.05) is 18.8 Å². The summed E-state index contributed by atoms with van der Waals surface area (Å²) in [4.78, 5) is 4.18. The second kappa shape index (κ2) is 5.57. The van der Waals surface area contributed by atoms with Gasteiger partial charge in [0.25, 0.3) is 0 Å². The first kappa shape index (κ1) is 15.0. The lowest BCUT2D eigenvalue weighted by Gasteiger charge is -2.10. The van der Waals surface area contributed by atoms with Crippen LogP contribution in [0, 0.1) is 0 Å². The van der Waals surface area contributed by atoms with E-state index in [9.17, 15) is 18.3 Å². The van der Waals surface area contributed by atoms with Gasteiger partial charge in [-0.1, -0.05) is 6.58 Å². The van der Waals surface area contributed by atoms with Gasteiger partial charge in [-0.2, -0.15) is 18.3 Å². The van der Waals surface area contributed by atoms with E-state index in [1.54, 1.807) is 23.9 Å². The smallest absolute Gasteiger partial charge is 0.369 e. The van der Waals surface area contributed by atoms with Crippen molar-refractivity contribution in [3.05, 3.63) is 48.1 Å². The van der Waals surface area contributed by atoms with E-state index in [4.69, 9.17) is 0 Å². The van der Waals surface area contributed by atoms with Crippen LogP contribution in [0.15, 0.2) is 41.7 Å². The molecule has 0 saturated heterocycles. The highest BCUT2D eigenvalue weighted by Gasteiger charge is 2.29. The van der Waals surface area contributed by atoms with Gasteiger partial charge >= 0.3 is 6.18 Å². The van der Waals surface area contributed by atoms with Crippen LogP contribution in [0.2, 0.25) is 0 Å². The number of nitrogens with zero attached hydrogens (tertiary/aromatic N) is 3. The van der Waals surface area contributed by atoms with Crippen LogP contribution in [0.4, 0.5) is 13.2 Å². The largest absolute Gasteiger partial charge is 0.415 e. The average molecular weight is 298 g/mol. The molecule has 1 unspecified atom stereocenters. The topological polar surface area (TPSA) is 62.4 Å². The zero-order chi connectivity index (χ0) is 15.6. The minimum Gasteiger partial charge on any atom is -0.369 e. The van der Waals surface area contributed by atoms with Gasteiger partial charge in [0.15, 0.2) is 6.23 Å². The number of halogens is 3. The van der Waals surface area contributed by atoms with Gasteiger partial charge < -0.3 is 9.67 Å². The summed E-state index contributed by atoms with van der Waals surface area (Å²) in [6.45, 7) is 2.95. The quantitative estimate of drug-likeness (QED) is 0.836. The predicted octanol–water partition coefficient (Wildman–Crippen LogP) is 1.73. The average Bonchev–Trinajstić information content (AvgIpc) is 2.77. The molecule has 2 N–H and O–H groups in total. The van der Waals surface area contributed by atoms with Gasteiger partial charge in [-0.3, -0.25) is 5.43 Å². The number of aliphatic hydroxyl groups excluding tert-OH is 1. The second-order valence-electron chi connectivity index (χ2n) is 4.38. The van der Waals surface area contributed by atoms with Crippen LogP contribution in [0.5, 0.6) is 0 Å². The third-order valence-electron chi connectivity index (χ3n) is 2.73. The molecule has 2 heterocycles. The van der Waals surface area contributed by atoms with Gasteiger partial charge in [-0.05, 0) is 24.3 Å². The molecular weight excluding hydrogens is 285 g/mol. The number of rotatable bonds is 3. The number of alkyl halides is 3. The molecule has 0 fully saturated rings. The lowest BCUT2D eigenvalue weighted by atomic mass is 10.2. The lowest BCUT2D eigenvalue weighted by molar-refractivity contribution is -0.0877. The number of hydrogen-bond acceptors (Lipinski definition) is 4. The third-order valence-corrected chi connectivity index (χ3v) is 2.73. The van der Waals surface area contributed by atoms with Gasteiger partial charge in [-0.25, -0.2) is 4.98 Å². The number of aryl methyl sites for hydroxylation is 1. The number of allylic oxidation sites excluding steroid dienone is 3. The highest BCUT2D eigenvalue weighted by Crippen LogP contribution is 2.25. The Bertz CT molecular complexity index is 640. The van der Waals surface area contributed by atoms with Crippen molar-refractivity contribution in [2.24, 2.45) is 12.1 Å². The van der Waals surface area contributed by atoms with Gasteiger partial charge in [0.2, 0.25) is 0 Å². The molecule has 0 spiro atoms. The van der Waals surface area contributed by atoms with Crippen molar-refractivity contribution in [1.82, 2.24) is 15.0 Å². The monoisotopic (exact) mass is 298 g/mol. The molecule has 0 aromatic carbocycles. The number of hydrazone groups is 1. The van der Waals surface area contributed by atoms with E-state index in [1.165, 1.54) is 12.2 Å². The molecule has 0 amide bonds. The molecule has 8 heteroatoms. The van der Waals surface area contributed by atoms with E-state index in [-0.39, 0.29) is 0 Å². The lowest BCUT2D eigenvalue weighted by Crippen LogP contribution is -2.26. The molecule has 112 valence electrons. The fourth-order valence-corrected chi connectivity index (χ4v) is 1.57. The number of nitrogens with one attached hydrogen (secondary N) is 1. The van der Waals surface area contributed by atoms with Gasteiger partial charge in [0.1, 0.15) is 17.2 Å². The molecule has 1 aromatic heterocycles. The van der Waals surface area contributed by atoms with E-state index in [1.807, 2.05) is 0 Å². The molecule has 21 heavy (non-hydrogen) atoms. The van der Waals surface area contributed by atoms with Gasteiger partial charge in [-0.15, -0.1) is 0 Å². The molecule has 5 nitrogen and oxygen atoms in total. The molecule has 0 radical (unpaired) electrons. The highest BCUT2D eigenvalue weighted by molar-refractivity contribution is 6.07. The molecule has 0 bridgehead atoms. The Morgan fingerprint density at radius 1 is 1.52 bits per heavy atom. The van der Waals surface area contributed by atoms with Crippen LogP contribution >= 0.6 is 0 Å². The van der Waals surface area contributed by atoms with Crippen molar-refractivity contribution < 1.29 is 18.3 Å². The van der Waals surface area contributed by atoms with E-state index in [2.05, 4.69) is 22.1 Å². The maximum absolute atomic E-state index is 12.3. The summed E-state index contributed by atoms with van der Waals surface area (Å²) in [5, 5.41) is 13.1. The van der Waals surface area contributed by atoms with Crippen molar-refractivity contribution in [3.63, 3.8) is 0 Å². The Balaban J connectivity index is 2.19. The summed E-state index contributed by atoms with van der Waals surface area (Å²) in [5.74, 6) is 0.331. The fraction of sp³-hybridized carbons (Fsp3) is 0.231. The zero-order valence-corrected chi connectivity index (χ0v) is 11.1. The van der Waals surface area contributed by atoms with E-state index >= 15 is 0 Å². The van der Waals surface area contributed by atoms with Crippen LogP contribution < -0.4 is 5.43 Å². The Labute approximate surface area is 118 Å². The van der Waals surface area contributed by atoms with Crippen LogP contribution in [0.1, 0.15) is 11.5 Å². The SMILES string of the molecule is C=C(/C=C\c1nc(C2=NNC(O)C=C2)cn1C)C(F)(F)F. The maximum atomic E-state index is 12.3. The standard InChI is InChI=1S/C13H13F3N4O/c1-8(13(14,15)16)3-5-11-17-10(7-20(11)2)9-4-6-12(21)19-18-9/h3-7,12,19,21H,1H2,2H3/b5-3-. The van der Waals surface area contributed by atoms with E-state index < -0.39 is 18.0 Å². The molecule has 1 aromatic rings. The number of aromatic nitrogens is 2. The summed E-state index contributed by atoms with van der Waals surface area (Å²) >= 11 is 0. The summed E-state index contributed by atoms with van der Waals surface area (Å²) < 4.78 is 38.6. The molecule has 1 aliphatic heterocycles. The molecule has 0 saturated carbocycles. The van der Waals surface area contributed by atoms with E-state index in [0.717, 1.165) is 6.08 Å². The van der Waals surface area contributed by atoms with Crippen molar-refractivity contribution in [2.45, 2.75) is 12.4 Å². The van der Waals surface area contributed by atoms with Crippen molar-refractivity contribution in [2.75, 3.05) is 0 Å². The minimum absolute atomic E-state index is 0.331. The van der Waals surface area contributed by atoms with E-state index in [0.29, 0.717) is 17.2 Å². The molecular formula is C13H13F3N4O. The Morgan fingerprint density at radius 3 is 2.81 bits per heavy atom. The molecule has 0 aliphatic carbocycles. The first-order chi connectivity index (χ1) is 9.77. The first-order valence-corrected chi connectivity index (χ1v) is 5.95. The number of imidazole rings is 1. The second-order valence-corrected chi connectivity index (χ2v) is 4.38. The van der Waals surface area contributed by atoms with Crippen LogP contribution in [0.3, 0.4) is 0 Å². The summed E-state index contributed by atoms with van der Waals surface area (Å²) in [5.41, 5.74) is 2.46. The Kier molecular flexibility index (Phi) is 3.99. The summed E-state index contributed by atoms with van der Waals surface area (Å²) in [6, 6.07) is 0. The first-order valence-electron chi connectivity index (χ1n) is 5.95. The summed E-state index contributed by atoms with van der Waals surface area (Å²) in [6.07, 6.45) is 1.47. The highest BCUT2D eigenvalue weighted by atomic mass is 19.4. The van der Waals surface area contributed by atoms with Crippen LogP contribution in [-0.2, 0) is 7.05 Å². The third kappa shape index (κ3) is 3.60. The van der Waals surface area contributed by atoms with Crippen molar-refractivity contribution >= 4 is 11.8 Å². The van der Waals surface area contributed by atoms with Crippen molar-refractivity contribution in [3.8, 4) is 0 Å². The normalized spacial score (nSPS) is 18.7. The Hall–Kier alpha value is -2.35. The van der Waals surface area contributed by atoms with Crippen LogP contribution in [0.25, 0.3) is 6.08 Å². The zero-order valence-electron chi connectivity index (χ0n) is 11.1. The number of aliphatic hydroxyl groups is 1. The van der Waals surface area contributed by atoms with Crippen LogP contribution in [-0.4, -0.2) is 32.8 Å². The minimum atomic E-state index is -4.46. The molecule has 1 atom stereocenters. The van der Waals surface area contributed by atoms with Gasteiger partial charge in [0.05, 0.1) is 0 Å². The summed E-state index contributed by atoms with van der Waals surface area (Å²) in [7, 11) is 1.65. The fourth-order valence-electron chi connectivity index (χ4n) is 1.57. The molecule has 2 rings (SSSR count). The number of hydrogen-bond donors (Lipinski definition) is 2. The molecule has 1 aliphatic rings. The predicted molar refractivity (Wildman–Crippen MR) is 72.3 cm³/mol. The van der Waals surface area contributed by atoms with Crippen molar-refractivity contribution in [1.29, 1.82) is 0 Å². The maximum Gasteiger partial charge on any atom is 0.415 e. The Morgan fingerprint density at radius 2 is 2.24 bits per heavy atom.